The lowest BCUT2D eigenvalue weighted by Crippen LogP contribution is -2.42. The highest BCUT2D eigenvalue weighted by atomic mass is 35.5. The number of H-pyrrole nitrogens is 1. The molecule has 266 valence electrons. The zero-order chi connectivity index (χ0) is 35.6. The van der Waals surface area contributed by atoms with Gasteiger partial charge in [0.15, 0.2) is 12.2 Å². The molecule has 2 atom stereocenters. The highest BCUT2D eigenvalue weighted by Gasteiger charge is 2.29. The largest absolute Gasteiger partial charge is 0.506 e. The molecule has 0 aliphatic carbocycles. The first-order valence-electron chi connectivity index (χ1n) is 15.6. The summed E-state index contributed by atoms with van der Waals surface area (Å²) in [5.74, 6) is -3.35. The molecule has 14 nitrogen and oxygen atoms in total. The molecule has 0 aliphatic rings. The highest BCUT2D eigenvalue weighted by Crippen LogP contribution is 2.27. The summed E-state index contributed by atoms with van der Waals surface area (Å²) in [5, 5.41) is 46.6. The number of aliphatic carboxylic acids is 2. The zero-order valence-corrected chi connectivity index (χ0v) is 28.6. The fraction of sp³-hybridized carbons (Fsp3) is 0.500. The summed E-state index contributed by atoms with van der Waals surface area (Å²) in [6.07, 6.45) is -2.70. The summed E-state index contributed by atoms with van der Waals surface area (Å²) >= 11 is 7.15. The number of carbonyl (C=O) groups excluding carboxylic acids is 1. The first-order valence-corrected chi connectivity index (χ1v) is 16.8. The summed E-state index contributed by atoms with van der Waals surface area (Å²) in [6.45, 7) is 10.6. The number of aromatic amines is 1. The van der Waals surface area contributed by atoms with Crippen molar-refractivity contribution >= 4 is 51.0 Å². The van der Waals surface area contributed by atoms with Crippen molar-refractivity contribution in [2.45, 2.75) is 45.3 Å². The maximum atomic E-state index is 13.0. The number of fused-ring (bicyclic) bond motifs is 1. The second-order valence-electron chi connectivity index (χ2n) is 10.7. The van der Waals surface area contributed by atoms with Gasteiger partial charge in [-0.3, -0.25) is 9.59 Å². The number of carboxylic acids is 2. The predicted octanol–water partition coefficient (Wildman–Crippen LogP) is 1.78. The summed E-state index contributed by atoms with van der Waals surface area (Å²) in [5.41, 5.74) is 2.63. The van der Waals surface area contributed by atoms with Crippen molar-refractivity contribution in [1.29, 1.82) is 0 Å². The summed E-state index contributed by atoms with van der Waals surface area (Å²) in [6, 6.07) is 11.2. The third-order valence-electron chi connectivity index (χ3n) is 7.39. The van der Waals surface area contributed by atoms with E-state index in [0.717, 1.165) is 59.6 Å². The molecule has 0 radical (unpaired) electrons. The van der Waals surface area contributed by atoms with Crippen LogP contribution in [0.3, 0.4) is 0 Å². The number of benzene rings is 2. The minimum absolute atomic E-state index is 0.0888. The number of aromatic nitrogens is 1. The smallest absolute Gasteiger partial charge is 0.335 e. The Morgan fingerprint density at radius 1 is 0.958 bits per heavy atom. The molecule has 7 N–H and O–H groups in total. The molecule has 2 unspecified atom stereocenters. The number of thiazole rings is 1. The number of carbonyl (C=O) groups is 3. The number of hydrogen-bond acceptors (Lipinski definition) is 11. The van der Waals surface area contributed by atoms with E-state index in [4.69, 9.17) is 36.8 Å². The van der Waals surface area contributed by atoms with Gasteiger partial charge in [0.25, 0.3) is 0 Å². The van der Waals surface area contributed by atoms with E-state index in [2.05, 4.69) is 29.0 Å². The van der Waals surface area contributed by atoms with E-state index >= 15 is 0 Å². The molecule has 0 spiro atoms. The molecule has 0 saturated carbocycles. The van der Waals surface area contributed by atoms with E-state index in [9.17, 15) is 24.3 Å². The topological polar surface area (TPSA) is 213 Å². The summed E-state index contributed by atoms with van der Waals surface area (Å²) < 4.78 is 6.54. The number of phenolic OH excluding ortho intramolecular Hbond substituents is 1. The number of halogens is 1. The van der Waals surface area contributed by atoms with Crippen LogP contribution in [0.1, 0.15) is 31.4 Å². The Morgan fingerprint density at radius 2 is 1.65 bits per heavy atom. The number of phenols is 1. The van der Waals surface area contributed by atoms with E-state index in [-0.39, 0.29) is 16.5 Å². The first kappa shape index (κ1) is 40.6. The predicted molar refractivity (Wildman–Crippen MR) is 183 cm³/mol. The molecule has 16 heteroatoms. The molecule has 1 heterocycles. The van der Waals surface area contributed by atoms with E-state index in [0.29, 0.717) is 56.4 Å². The number of nitrogens with zero attached hydrogens (tertiary/aromatic N) is 2. The van der Waals surface area contributed by atoms with Crippen LogP contribution in [0.15, 0.2) is 41.2 Å². The Balaban J connectivity index is 0.000000692. The van der Waals surface area contributed by atoms with Crippen molar-refractivity contribution in [2.75, 3.05) is 59.0 Å². The van der Waals surface area contributed by atoms with Crippen molar-refractivity contribution in [3.63, 3.8) is 0 Å². The molecular formula is C32H45ClN4O10S. The quantitative estimate of drug-likeness (QED) is 0.0836. The summed E-state index contributed by atoms with van der Waals surface area (Å²) in [7, 11) is 0. The van der Waals surface area contributed by atoms with Gasteiger partial charge >= 0.3 is 16.8 Å². The molecular weight excluding hydrogens is 668 g/mol. The van der Waals surface area contributed by atoms with Gasteiger partial charge in [-0.05, 0) is 61.8 Å². The lowest BCUT2D eigenvalue weighted by molar-refractivity contribution is -0.165. The summed E-state index contributed by atoms with van der Waals surface area (Å²) in [4.78, 5) is 51.0. The lowest BCUT2D eigenvalue weighted by atomic mass is 10.1. The van der Waals surface area contributed by atoms with Gasteiger partial charge in [0.1, 0.15) is 11.3 Å². The van der Waals surface area contributed by atoms with Gasteiger partial charge in [0.2, 0.25) is 5.91 Å². The molecule has 48 heavy (non-hydrogen) atoms. The fourth-order valence-corrected chi connectivity index (χ4v) is 5.68. The van der Waals surface area contributed by atoms with Crippen LogP contribution in [-0.2, 0) is 32.0 Å². The number of likely N-dealkylation sites (N-methyl/N-ethyl adjacent to an activating group) is 1. The minimum Gasteiger partial charge on any atom is -0.506 e. The van der Waals surface area contributed by atoms with Gasteiger partial charge in [0.05, 0.1) is 24.3 Å². The van der Waals surface area contributed by atoms with Gasteiger partial charge in [-0.15, -0.1) is 0 Å². The molecule has 1 aromatic heterocycles. The van der Waals surface area contributed by atoms with Gasteiger partial charge in [-0.2, -0.15) is 0 Å². The molecule has 3 aromatic rings. The van der Waals surface area contributed by atoms with E-state index in [1.165, 1.54) is 0 Å². The minimum atomic E-state index is -2.27. The van der Waals surface area contributed by atoms with Crippen LogP contribution in [0, 0.1) is 0 Å². The lowest BCUT2D eigenvalue weighted by Gasteiger charge is -2.27. The normalized spacial score (nSPS) is 12.4. The maximum Gasteiger partial charge on any atom is 0.335 e. The Morgan fingerprint density at radius 3 is 2.27 bits per heavy atom. The number of carboxylic acid groups (broad SMARTS) is 2. The Hall–Kier alpha value is -3.57. The molecule has 3 rings (SSSR count). The monoisotopic (exact) mass is 712 g/mol. The van der Waals surface area contributed by atoms with Crippen LogP contribution in [0.5, 0.6) is 5.75 Å². The van der Waals surface area contributed by atoms with Gasteiger partial charge in [-0.1, -0.05) is 55.0 Å². The van der Waals surface area contributed by atoms with E-state index < -0.39 is 24.1 Å². The average molecular weight is 713 g/mol. The molecule has 1 amide bonds. The van der Waals surface area contributed by atoms with Crippen LogP contribution in [0.2, 0.25) is 5.02 Å². The number of aromatic hydroxyl groups is 1. The average Bonchev–Trinajstić information content (AvgIpc) is 3.46. The second-order valence-corrected chi connectivity index (χ2v) is 12.1. The van der Waals surface area contributed by atoms with Gasteiger partial charge in [-0.25, -0.2) is 9.59 Å². The zero-order valence-electron chi connectivity index (χ0n) is 27.1. The van der Waals surface area contributed by atoms with Crippen LogP contribution in [0.4, 0.5) is 0 Å². The number of aliphatic hydroxyl groups excluding tert-OH is 2. The van der Waals surface area contributed by atoms with Gasteiger partial charge < -0.3 is 50.4 Å². The van der Waals surface area contributed by atoms with Crippen LogP contribution in [-0.4, -0.2) is 129 Å². The van der Waals surface area contributed by atoms with Crippen LogP contribution >= 0.6 is 22.9 Å². The number of ether oxygens (including phenoxy) is 1. The third-order valence-corrected chi connectivity index (χ3v) is 8.58. The van der Waals surface area contributed by atoms with Crippen molar-refractivity contribution in [1.82, 2.24) is 20.1 Å². The highest BCUT2D eigenvalue weighted by molar-refractivity contribution is 7.16. The Labute approximate surface area is 287 Å². The molecule has 0 fully saturated rings. The Kier molecular flexibility index (Phi) is 18.1. The van der Waals surface area contributed by atoms with Crippen molar-refractivity contribution in [3.05, 3.63) is 62.2 Å². The van der Waals surface area contributed by atoms with E-state index in [1.807, 2.05) is 35.2 Å². The number of aliphatic hydroxyl groups is 2. The molecule has 2 aromatic carbocycles. The molecule has 0 saturated heterocycles. The molecule has 0 bridgehead atoms. The first-order chi connectivity index (χ1) is 22.9. The standard InChI is InChI=1S/C28H39ClN4O4S.C4H6O6/c1-3-32(4-2)16-17-33(25(35)12-19-37-18-11-21-6-5-7-23(29)20-21)15-14-30-13-10-22-8-9-24(34)26-27(22)38-28(36)31-26;5-1(3(7)8)2(6)4(9)10/h5-9,20,30,34H,3-4,10-19H2,1-2H3,(H,31,36);1-2,5-6H,(H,7,8)(H,9,10). The van der Waals surface area contributed by atoms with E-state index in [1.54, 1.807) is 6.07 Å². The number of amides is 1. The third kappa shape index (κ3) is 13.9. The maximum absolute atomic E-state index is 13.0. The van der Waals surface area contributed by atoms with Crippen molar-refractivity contribution in [2.24, 2.45) is 0 Å². The second kappa shape index (κ2) is 21.4. The van der Waals surface area contributed by atoms with Crippen LogP contribution in [0.25, 0.3) is 10.2 Å². The fourth-order valence-electron chi connectivity index (χ4n) is 4.57. The number of rotatable bonds is 20. The number of hydrogen-bond donors (Lipinski definition) is 7. The number of nitrogens with one attached hydrogen (secondary N) is 2. The molecule has 0 aliphatic heterocycles. The van der Waals surface area contributed by atoms with Crippen molar-refractivity contribution < 1.29 is 44.7 Å². The SMILES string of the molecule is CCN(CC)CCN(CCNCCc1ccc(O)c2[nH]c(=O)sc12)C(=O)CCOCCc1cccc(Cl)c1.O=C(O)C(O)C(O)C(=O)O. The van der Waals surface area contributed by atoms with Crippen LogP contribution < -0.4 is 10.2 Å². The van der Waals surface area contributed by atoms with Crippen molar-refractivity contribution in [3.8, 4) is 5.75 Å². The van der Waals surface area contributed by atoms with Gasteiger partial charge in [0, 0.05) is 31.2 Å². The Bertz CT molecular complexity index is 1500.